The maximum absolute atomic E-state index is 13.6. The van der Waals surface area contributed by atoms with Gasteiger partial charge >= 0.3 is 0 Å². The van der Waals surface area contributed by atoms with E-state index in [1.165, 1.54) is 18.3 Å². The molecule has 1 aliphatic heterocycles. The number of fused-ring (bicyclic) bond motifs is 1. The number of amides is 2. The van der Waals surface area contributed by atoms with Crippen LogP contribution in [-0.4, -0.2) is 33.7 Å². The molecule has 1 aromatic heterocycles. The molecule has 32 heavy (non-hydrogen) atoms. The monoisotopic (exact) mass is 422 g/mol. The van der Waals surface area contributed by atoms with Crippen LogP contribution < -0.4 is 9.64 Å². The predicted molar refractivity (Wildman–Crippen MR) is 120 cm³/mol. The van der Waals surface area contributed by atoms with Gasteiger partial charge in [-0.05, 0) is 47.5 Å². The first-order valence-corrected chi connectivity index (χ1v) is 9.95. The van der Waals surface area contributed by atoms with Crippen LogP contribution in [0.25, 0.3) is 17.3 Å². The molecule has 2 heterocycles. The molecule has 0 radical (unpaired) electrons. The van der Waals surface area contributed by atoms with Crippen LogP contribution in [0.1, 0.15) is 21.5 Å². The Morgan fingerprint density at radius 2 is 1.56 bits per heavy atom. The number of nitrogens with zero attached hydrogens (tertiary/aromatic N) is 4. The van der Waals surface area contributed by atoms with Gasteiger partial charge < -0.3 is 4.74 Å². The van der Waals surface area contributed by atoms with Crippen molar-refractivity contribution in [2.75, 3.05) is 12.0 Å². The van der Waals surface area contributed by atoms with Gasteiger partial charge in [0, 0.05) is 11.1 Å². The second-order valence-electron chi connectivity index (χ2n) is 7.15. The molecule has 0 saturated carbocycles. The van der Waals surface area contributed by atoms with Crippen molar-refractivity contribution in [3.8, 4) is 11.4 Å². The van der Waals surface area contributed by atoms with Crippen LogP contribution in [-0.2, 0) is 4.79 Å². The van der Waals surface area contributed by atoms with E-state index in [2.05, 4.69) is 10.1 Å². The summed E-state index contributed by atoms with van der Waals surface area (Å²) in [7, 11) is 1.51. The Morgan fingerprint density at radius 1 is 0.844 bits per heavy atom. The number of ether oxygens (including phenoxy) is 1. The number of anilines is 1. The summed E-state index contributed by atoms with van der Waals surface area (Å²) in [6.07, 6.45) is 4.88. The second kappa shape index (κ2) is 7.96. The minimum Gasteiger partial charge on any atom is -0.495 e. The van der Waals surface area contributed by atoms with Crippen LogP contribution in [0.2, 0.25) is 0 Å². The van der Waals surface area contributed by atoms with E-state index in [1.54, 1.807) is 59.5 Å². The zero-order valence-corrected chi connectivity index (χ0v) is 17.2. The van der Waals surface area contributed by atoms with E-state index in [0.717, 1.165) is 11.3 Å². The van der Waals surface area contributed by atoms with Crippen molar-refractivity contribution in [2.45, 2.75) is 0 Å². The Balaban J connectivity index is 1.62. The largest absolute Gasteiger partial charge is 0.495 e. The van der Waals surface area contributed by atoms with E-state index in [4.69, 9.17) is 4.74 Å². The van der Waals surface area contributed by atoms with Crippen LogP contribution in [0.5, 0.6) is 5.75 Å². The van der Waals surface area contributed by atoms with Crippen molar-refractivity contribution < 1.29 is 14.3 Å². The summed E-state index contributed by atoms with van der Waals surface area (Å²) in [4.78, 5) is 32.0. The van der Waals surface area contributed by atoms with Gasteiger partial charge in [-0.3, -0.25) is 9.59 Å². The average Bonchev–Trinajstić information content (AvgIpc) is 3.38. The molecule has 7 heteroatoms. The first-order chi connectivity index (χ1) is 15.7. The lowest BCUT2D eigenvalue weighted by Crippen LogP contribution is -2.42. The number of imide groups is 1. The van der Waals surface area contributed by atoms with Crippen molar-refractivity contribution in [1.82, 2.24) is 14.8 Å². The Kier molecular flexibility index (Phi) is 4.84. The molecule has 4 aromatic rings. The van der Waals surface area contributed by atoms with Crippen molar-refractivity contribution in [1.29, 1.82) is 0 Å². The van der Waals surface area contributed by atoms with Gasteiger partial charge in [-0.2, -0.15) is 5.10 Å². The molecule has 2 amide bonds. The Bertz CT molecular complexity index is 1340. The molecule has 156 valence electrons. The summed E-state index contributed by atoms with van der Waals surface area (Å²) in [6, 6.07) is 21.7. The fourth-order valence-electron chi connectivity index (χ4n) is 3.76. The predicted octanol–water partition coefficient (Wildman–Crippen LogP) is 4.00. The molecular weight excluding hydrogens is 404 g/mol. The number of aromatic nitrogens is 3. The highest BCUT2D eigenvalue weighted by Crippen LogP contribution is 2.37. The lowest BCUT2D eigenvalue weighted by Gasteiger charge is -2.29. The molecule has 5 rings (SSSR count). The SMILES string of the molecule is COc1ccccc1N1C(=O)C(=Cc2ccc(-n3cncn3)cc2)c2ccccc2C1=O. The maximum Gasteiger partial charge on any atom is 0.266 e. The molecule has 1 aliphatic rings. The van der Waals surface area contributed by atoms with Crippen LogP contribution in [0, 0.1) is 0 Å². The minimum atomic E-state index is -0.404. The smallest absolute Gasteiger partial charge is 0.266 e. The molecule has 0 bridgehead atoms. The highest BCUT2D eigenvalue weighted by atomic mass is 16.5. The molecule has 0 saturated heterocycles. The molecule has 0 aliphatic carbocycles. The van der Waals surface area contributed by atoms with Crippen molar-refractivity contribution >= 4 is 29.2 Å². The van der Waals surface area contributed by atoms with Gasteiger partial charge in [0.1, 0.15) is 18.4 Å². The second-order valence-corrected chi connectivity index (χ2v) is 7.15. The number of benzene rings is 3. The minimum absolute atomic E-state index is 0.381. The quantitative estimate of drug-likeness (QED) is 0.367. The van der Waals surface area contributed by atoms with Crippen LogP contribution in [0.4, 0.5) is 5.69 Å². The molecule has 3 aromatic carbocycles. The Labute approximate surface area is 184 Å². The van der Waals surface area contributed by atoms with Gasteiger partial charge in [-0.1, -0.05) is 42.5 Å². The standard InChI is InChI=1S/C25H18N4O3/c1-32-23-9-5-4-8-22(23)29-24(30)20-7-3-2-6-19(20)21(25(29)31)14-17-10-12-18(13-11-17)28-16-26-15-27-28/h2-16H,1H3. The van der Waals surface area contributed by atoms with Gasteiger partial charge in [0.15, 0.2) is 0 Å². The summed E-state index contributed by atoms with van der Waals surface area (Å²) in [5, 5.41) is 4.12. The normalized spacial score (nSPS) is 14.5. The van der Waals surface area contributed by atoms with Gasteiger partial charge in [-0.25, -0.2) is 14.6 Å². The highest BCUT2D eigenvalue weighted by Gasteiger charge is 2.36. The zero-order valence-electron chi connectivity index (χ0n) is 17.2. The number of hydrogen-bond donors (Lipinski definition) is 0. The van der Waals surface area contributed by atoms with E-state index >= 15 is 0 Å². The number of carbonyl (C=O) groups excluding carboxylic acids is 2. The molecule has 0 N–H and O–H groups in total. The van der Waals surface area contributed by atoms with E-state index in [9.17, 15) is 9.59 Å². The van der Waals surface area contributed by atoms with Gasteiger partial charge in [0.2, 0.25) is 0 Å². The third kappa shape index (κ3) is 3.26. The molecule has 7 nitrogen and oxygen atoms in total. The first kappa shape index (κ1) is 19.4. The van der Waals surface area contributed by atoms with E-state index in [1.807, 2.05) is 30.3 Å². The Morgan fingerprint density at radius 3 is 2.28 bits per heavy atom. The maximum atomic E-state index is 13.6. The first-order valence-electron chi connectivity index (χ1n) is 9.95. The van der Waals surface area contributed by atoms with Crippen LogP contribution >= 0.6 is 0 Å². The average molecular weight is 422 g/mol. The fraction of sp³-hybridized carbons (Fsp3) is 0.0400. The van der Waals surface area contributed by atoms with Crippen molar-refractivity contribution in [3.63, 3.8) is 0 Å². The van der Waals surface area contributed by atoms with E-state index < -0.39 is 5.91 Å². The number of para-hydroxylation sites is 2. The van der Waals surface area contributed by atoms with Crippen LogP contribution in [0.15, 0.2) is 85.5 Å². The zero-order chi connectivity index (χ0) is 22.1. The van der Waals surface area contributed by atoms with E-state index in [0.29, 0.717) is 28.1 Å². The van der Waals surface area contributed by atoms with Gasteiger partial charge in [-0.15, -0.1) is 0 Å². The topological polar surface area (TPSA) is 77.3 Å². The van der Waals surface area contributed by atoms with E-state index in [-0.39, 0.29) is 5.91 Å². The summed E-state index contributed by atoms with van der Waals surface area (Å²) in [5.74, 6) is -0.336. The number of carbonyl (C=O) groups is 2. The molecule has 0 fully saturated rings. The number of rotatable bonds is 4. The molecule has 0 unspecified atom stereocenters. The lowest BCUT2D eigenvalue weighted by molar-refractivity contribution is -0.112. The summed E-state index contributed by atoms with van der Waals surface area (Å²) in [6.45, 7) is 0. The highest BCUT2D eigenvalue weighted by molar-refractivity contribution is 6.43. The van der Waals surface area contributed by atoms with Crippen LogP contribution in [0.3, 0.4) is 0 Å². The molecule has 0 atom stereocenters. The number of hydrogen-bond acceptors (Lipinski definition) is 5. The fourth-order valence-corrected chi connectivity index (χ4v) is 3.76. The third-order valence-corrected chi connectivity index (χ3v) is 5.30. The molecular formula is C25H18N4O3. The van der Waals surface area contributed by atoms with Crippen molar-refractivity contribution in [3.05, 3.63) is 102 Å². The van der Waals surface area contributed by atoms with Gasteiger partial charge in [0.25, 0.3) is 11.8 Å². The summed E-state index contributed by atoms with van der Waals surface area (Å²) in [5.41, 5.74) is 3.58. The number of methoxy groups -OCH3 is 1. The molecule has 0 spiro atoms. The van der Waals surface area contributed by atoms with Crippen molar-refractivity contribution in [2.24, 2.45) is 0 Å². The third-order valence-electron chi connectivity index (χ3n) is 5.30. The summed E-state index contributed by atoms with van der Waals surface area (Å²) < 4.78 is 7.06. The Hall–Kier alpha value is -4.52. The lowest BCUT2D eigenvalue weighted by atomic mass is 9.91. The van der Waals surface area contributed by atoms with Gasteiger partial charge in [0.05, 0.1) is 18.5 Å². The summed E-state index contributed by atoms with van der Waals surface area (Å²) >= 11 is 0.